The highest BCUT2D eigenvalue weighted by Gasteiger charge is 2.26. The molecule has 27 heavy (non-hydrogen) atoms. The first-order valence-corrected chi connectivity index (χ1v) is 9.49. The van der Waals surface area contributed by atoms with Crippen LogP contribution in [0, 0.1) is 10.3 Å². The Labute approximate surface area is 163 Å². The van der Waals surface area contributed by atoms with Crippen molar-refractivity contribution in [2.24, 2.45) is 15.9 Å². The molecule has 1 atom stereocenters. The molecule has 0 fully saturated rings. The van der Waals surface area contributed by atoms with E-state index < -0.39 is 6.23 Å². The summed E-state index contributed by atoms with van der Waals surface area (Å²) in [4.78, 5) is 18.1. The van der Waals surface area contributed by atoms with E-state index in [0.717, 1.165) is 11.3 Å². The summed E-state index contributed by atoms with van der Waals surface area (Å²) in [5.74, 6) is 0.210. The van der Waals surface area contributed by atoms with Crippen LogP contribution in [0.5, 0.6) is 0 Å². The summed E-state index contributed by atoms with van der Waals surface area (Å²) in [7, 11) is 3.55. The highest BCUT2D eigenvalue weighted by atomic mass is 32.2. The lowest BCUT2D eigenvalue weighted by Gasteiger charge is -2.30. The van der Waals surface area contributed by atoms with Gasteiger partial charge in [0.2, 0.25) is 5.90 Å². The molecule has 9 heteroatoms. The third-order valence-electron chi connectivity index (χ3n) is 3.85. The van der Waals surface area contributed by atoms with Crippen LogP contribution in [0.25, 0.3) is 0 Å². The van der Waals surface area contributed by atoms with Crippen molar-refractivity contribution < 1.29 is 4.74 Å². The van der Waals surface area contributed by atoms with Gasteiger partial charge >= 0.3 is 0 Å². The number of aliphatic imine (C=N–C) groups is 1. The van der Waals surface area contributed by atoms with Gasteiger partial charge in [-0.05, 0) is 24.7 Å². The van der Waals surface area contributed by atoms with Gasteiger partial charge in [0.1, 0.15) is 11.5 Å². The zero-order chi connectivity index (χ0) is 20.0. The number of hydrogen-bond donors (Lipinski definition) is 3. The lowest BCUT2D eigenvalue weighted by molar-refractivity contribution is 0.183. The zero-order valence-electron chi connectivity index (χ0n) is 16.0. The van der Waals surface area contributed by atoms with Crippen molar-refractivity contribution in [3.63, 3.8) is 0 Å². The van der Waals surface area contributed by atoms with Crippen LogP contribution in [0.1, 0.15) is 19.4 Å². The molecule has 0 amide bonds. The van der Waals surface area contributed by atoms with Crippen LogP contribution in [-0.2, 0) is 4.74 Å². The third kappa shape index (κ3) is 5.54. The number of nitrogens with zero attached hydrogens (tertiary/aromatic N) is 3. The van der Waals surface area contributed by atoms with Crippen LogP contribution in [0.15, 0.2) is 50.8 Å². The molecule has 1 aliphatic rings. The van der Waals surface area contributed by atoms with E-state index in [4.69, 9.17) is 15.9 Å². The smallest absolute Gasteiger partial charge is 0.208 e. The number of hydrogen-bond acceptors (Lipinski definition) is 9. The molecule has 8 nitrogen and oxygen atoms in total. The minimum absolute atomic E-state index is 0.246. The fourth-order valence-corrected chi connectivity index (χ4v) is 3.42. The maximum Gasteiger partial charge on any atom is 0.208 e. The van der Waals surface area contributed by atoms with Gasteiger partial charge in [-0.15, -0.1) is 11.8 Å². The number of nitrogens with two attached hydrogens (primary N) is 1. The lowest BCUT2D eigenvalue weighted by atomic mass is 10.1. The minimum Gasteiger partial charge on any atom is -0.455 e. The second-order valence-electron chi connectivity index (χ2n) is 6.37. The van der Waals surface area contributed by atoms with Crippen LogP contribution < -0.4 is 11.1 Å². The van der Waals surface area contributed by atoms with Gasteiger partial charge in [0.25, 0.3) is 0 Å². The van der Waals surface area contributed by atoms with Gasteiger partial charge in [-0.1, -0.05) is 31.2 Å². The highest BCUT2D eigenvalue weighted by molar-refractivity contribution is 7.99. The van der Waals surface area contributed by atoms with E-state index in [-0.39, 0.29) is 12.4 Å². The lowest BCUT2D eigenvalue weighted by Crippen LogP contribution is -2.41. The maximum absolute atomic E-state index is 10.3. The van der Waals surface area contributed by atoms with Gasteiger partial charge < -0.3 is 15.4 Å². The molecule has 0 radical (unpaired) electrons. The number of thioether (sulfide) groups is 1. The Kier molecular flexibility index (Phi) is 7.37. The Bertz CT molecular complexity index is 745. The number of rotatable bonds is 8. The summed E-state index contributed by atoms with van der Waals surface area (Å²) in [5.41, 5.74) is 8.51. The molecule has 0 aromatic heterocycles. The van der Waals surface area contributed by atoms with Crippen LogP contribution in [-0.4, -0.2) is 55.2 Å². The van der Waals surface area contributed by atoms with Crippen molar-refractivity contribution in [2.75, 3.05) is 27.2 Å². The Morgan fingerprint density at radius 3 is 2.67 bits per heavy atom. The van der Waals surface area contributed by atoms with Gasteiger partial charge in [0, 0.05) is 17.2 Å². The number of benzene rings is 1. The summed E-state index contributed by atoms with van der Waals surface area (Å²) in [6, 6.07) is 8.26. The van der Waals surface area contributed by atoms with E-state index in [1.165, 1.54) is 4.90 Å². The van der Waals surface area contributed by atoms with Gasteiger partial charge in [-0.25, -0.2) is 4.99 Å². The van der Waals surface area contributed by atoms with Crippen LogP contribution in [0.4, 0.5) is 0 Å². The Hall–Kier alpha value is -2.39. The van der Waals surface area contributed by atoms with Gasteiger partial charge in [-0.2, -0.15) is 4.91 Å². The second kappa shape index (κ2) is 9.52. The van der Waals surface area contributed by atoms with Crippen LogP contribution >= 0.6 is 11.8 Å². The molecule has 146 valence electrons. The van der Waals surface area contributed by atoms with E-state index >= 15 is 0 Å². The molecule has 1 unspecified atom stereocenters. The maximum atomic E-state index is 10.3. The molecule has 4 N–H and O–H groups in total. The monoisotopic (exact) mass is 390 g/mol. The zero-order valence-corrected chi connectivity index (χ0v) is 16.8. The molecule has 0 bridgehead atoms. The summed E-state index contributed by atoms with van der Waals surface area (Å²) in [5, 5.41) is 13.8. The van der Waals surface area contributed by atoms with Crippen molar-refractivity contribution in [3.05, 3.63) is 46.3 Å². The minimum atomic E-state index is -0.743. The summed E-state index contributed by atoms with van der Waals surface area (Å²) in [6.45, 7) is 4.55. The standard InChI is InChI=1S/C18H26N6O2S/c1-11(2)27-13-7-5-12(6-8-13)14-10-24(4)17(20)16(23-14)18(21-3)26-15(19)9-22-25/h5-8,11,18-19,21H,9-10,20H2,1-4H3. The Morgan fingerprint density at radius 2 is 2.11 bits per heavy atom. The molecular formula is C18H26N6O2S. The molecule has 2 rings (SSSR count). The number of nitroso groups, excluding NO2 is 1. The molecule has 0 spiro atoms. The number of nitrogens with one attached hydrogen (secondary N) is 2. The molecule has 1 aromatic rings. The molecule has 1 aliphatic heterocycles. The van der Waals surface area contributed by atoms with E-state index in [1.54, 1.807) is 7.05 Å². The fourth-order valence-electron chi connectivity index (χ4n) is 2.58. The SMILES string of the molecule is CNC(OC(=N)CN=O)C1=C(N)N(C)CC(c2ccc(SC(C)C)cc2)=N1. The van der Waals surface area contributed by atoms with Crippen molar-refractivity contribution in [1.29, 1.82) is 5.41 Å². The topological polar surface area (TPSA) is 116 Å². The van der Waals surface area contributed by atoms with E-state index in [1.807, 2.05) is 35.8 Å². The molecule has 0 saturated carbocycles. The highest BCUT2D eigenvalue weighted by Crippen LogP contribution is 2.25. The average Bonchev–Trinajstić information content (AvgIpc) is 2.62. The van der Waals surface area contributed by atoms with Crippen molar-refractivity contribution >= 4 is 23.4 Å². The Balaban J connectivity index is 2.28. The number of ether oxygens (including phenoxy) is 1. The summed E-state index contributed by atoms with van der Waals surface area (Å²) in [6.07, 6.45) is -0.743. The van der Waals surface area contributed by atoms with E-state index in [0.29, 0.717) is 23.3 Å². The molecule has 1 heterocycles. The average molecular weight is 391 g/mol. The molecular weight excluding hydrogens is 364 g/mol. The summed E-state index contributed by atoms with van der Waals surface area (Å²) < 4.78 is 5.45. The predicted octanol–water partition coefficient (Wildman–Crippen LogP) is 2.36. The number of likely N-dealkylation sites (N-methyl/N-ethyl adjacent to an activating group) is 2. The normalized spacial score (nSPS) is 15.6. The third-order valence-corrected chi connectivity index (χ3v) is 4.87. The van der Waals surface area contributed by atoms with Crippen molar-refractivity contribution in [2.45, 2.75) is 30.2 Å². The van der Waals surface area contributed by atoms with Crippen molar-refractivity contribution in [3.8, 4) is 0 Å². The van der Waals surface area contributed by atoms with Crippen LogP contribution in [0.2, 0.25) is 0 Å². The summed E-state index contributed by atoms with van der Waals surface area (Å²) >= 11 is 1.81. The molecule has 0 aliphatic carbocycles. The van der Waals surface area contributed by atoms with E-state index in [2.05, 4.69) is 41.5 Å². The van der Waals surface area contributed by atoms with Crippen molar-refractivity contribution in [1.82, 2.24) is 10.2 Å². The largest absolute Gasteiger partial charge is 0.455 e. The predicted molar refractivity (Wildman–Crippen MR) is 110 cm³/mol. The van der Waals surface area contributed by atoms with Gasteiger partial charge in [0.05, 0.1) is 12.3 Å². The van der Waals surface area contributed by atoms with Gasteiger partial charge in [0.15, 0.2) is 12.8 Å². The first-order valence-electron chi connectivity index (χ1n) is 8.61. The molecule has 1 aromatic carbocycles. The molecule has 0 saturated heterocycles. The Morgan fingerprint density at radius 1 is 1.44 bits per heavy atom. The second-order valence-corrected chi connectivity index (χ2v) is 8.02. The van der Waals surface area contributed by atoms with Crippen LogP contribution in [0.3, 0.4) is 0 Å². The quantitative estimate of drug-likeness (QED) is 0.206. The fraction of sp³-hybridized carbons (Fsp3) is 0.444. The van der Waals surface area contributed by atoms with Gasteiger partial charge in [-0.3, -0.25) is 10.7 Å². The van der Waals surface area contributed by atoms with E-state index in [9.17, 15) is 4.91 Å². The first kappa shape index (κ1) is 20.9. The first-order chi connectivity index (χ1) is 12.8.